The number of nitrogens with zero attached hydrogens (tertiary/aromatic N) is 3. The van der Waals surface area contributed by atoms with Crippen LogP contribution in [0.25, 0.3) is 22.3 Å². The first-order valence-corrected chi connectivity index (χ1v) is 5.93. The average molecular weight is 249 g/mol. The van der Waals surface area contributed by atoms with Gasteiger partial charge in [-0.3, -0.25) is 9.78 Å². The summed E-state index contributed by atoms with van der Waals surface area (Å²) in [4.78, 5) is 23.8. The van der Waals surface area contributed by atoms with Gasteiger partial charge >= 0.3 is 0 Å². The highest BCUT2D eigenvalue weighted by Gasteiger charge is 2.09. The van der Waals surface area contributed by atoms with Crippen LogP contribution in [0.2, 0.25) is 0 Å². The number of hydrogen-bond donors (Lipinski definition) is 0. The van der Waals surface area contributed by atoms with Crippen LogP contribution in [0.5, 0.6) is 0 Å². The fourth-order valence-corrected chi connectivity index (χ4v) is 2.06. The van der Waals surface area contributed by atoms with Gasteiger partial charge in [0.1, 0.15) is 11.4 Å². The second-order valence-corrected chi connectivity index (χ2v) is 4.26. The number of aryl methyl sites for hydroxylation is 1. The molecule has 0 aliphatic rings. The number of carbonyl (C=O) groups excluding carboxylic acids is 1. The SMILES string of the molecule is Cc1cc(C=O)nc(-c2nccc3ccccc23)n1. The highest BCUT2D eigenvalue weighted by molar-refractivity contribution is 5.93. The van der Waals surface area contributed by atoms with Crippen LogP contribution in [0.15, 0.2) is 42.6 Å². The van der Waals surface area contributed by atoms with Gasteiger partial charge in [-0.15, -0.1) is 0 Å². The molecule has 0 saturated heterocycles. The maximum Gasteiger partial charge on any atom is 0.179 e. The van der Waals surface area contributed by atoms with E-state index in [2.05, 4.69) is 15.0 Å². The standard InChI is InChI=1S/C15H11N3O/c1-10-8-12(9-19)18-15(17-10)14-13-5-3-2-4-11(13)6-7-16-14/h2-9H,1H3. The Morgan fingerprint density at radius 3 is 2.79 bits per heavy atom. The highest BCUT2D eigenvalue weighted by Crippen LogP contribution is 2.23. The minimum absolute atomic E-state index is 0.372. The average Bonchev–Trinajstić information content (AvgIpc) is 2.46. The summed E-state index contributed by atoms with van der Waals surface area (Å²) >= 11 is 0. The number of carbonyl (C=O) groups is 1. The van der Waals surface area contributed by atoms with Crippen LogP contribution in [0.3, 0.4) is 0 Å². The van der Waals surface area contributed by atoms with E-state index < -0.39 is 0 Å². The third kappa shape index (κ3) is 2.08. The van der Waals surface area contributed by atoms with E-state index in [-0.39, 0.29) is 0 Å². The van der Waals surface area contributed by atoms with Gasteiger partial charge < -0.3 is 0 Å². The van der Waals surface area contributed by atoms with Crippen molar-refractivity contribution in [3.63, 3.8) is 0 Å². The van der Waals surface area contributed by atoms with Crippen LogP contribution in [0.4, 0.5) is 0 Å². The molecular weight excluding hydrogens is 238 g/mol. The van der Waals surface area contributed by atoms with Crippen molar-refractivity contribution < 1.29 is 4.79 Å². The quantitative estimate of drug-likeness (QED) is 0.655. The molecule has 3 rings (SSSR count). The van der Waals surface area contributed by atoms with Crippen molar-refractivity contribution >= 4 is 17.1 Å². The van der Waals surface area contributed by atoms with Crippen molar-refractivity contribution in [2.45, 2.75) is 6.92 Å². The molecule has 0 fully saturated rings. The lowest BCUT2D eigenvalue weighted by Gasteiger charge is -2.05. The van der Waals surface area contributed by atoms with E-state index in [9.17, 15) is 4.79 Å². The Hall–Kier alpha value is -2.62. The van der Waals surface area contributed by atoms with Gasteiger partial charge in [-0.25, -0.2) is 9.97 Å². The minimum Gasteiger partial charge on any atom is -0.296 e. The number of aldehydes is 1. The normalized spacial score (nSPS) is 10.6. The summed E-state index contributed by atoms with van der Waals surface area (Å²) in [5.74, 6) is 0.485. The second-order valence-electron chi connectivity index (χ2n) is 4.26. The number of rotatable bonds is 2. The maximum absolute atomic E-state index is 10.9. The summed E-state index contributed by atoms with van der Waals surface area (Å²) in [6.45, 7) is 1.84. The molecule has 0 amide bonds. The van der Waals surface area contributed by atoms with E-state index in [1.165, 1.54) is 0 Å². The van der Waals surface area contributed by atoms with Gasteiger partial charge in [0.05, 0.1) is 0 Å². The number of pyridine rings is 1. The zero-order valence-electron chi connectivity index (χ0n) is 10.4. The van der Waals surface area contributed by atoms with Crippen LogP contribution in [0.1, 0.15) is 16.2 Å². The molecule has 0 aliphatic heterocycles. The molecule has 0 unspecified atom stereocenters. The van der Waals surface area contributed by atoms with Gasteiger partial charge in [0.25, 0.3) is 0 Å². The summed E-state index contributed by atoms with van der Waals surface area (Å²) < 4.78 is 0. The summed E-state index contributed by atoms with van der Waals surface area (Å²) in [6.07, 6.45) is 2.45. The van der Waals surface area contributed by atoms with Crippen LogP contribution < -0.4 is 0 Å². The van der Waals surface area contributed by atoms with E-state index in [0.29, 0.717) is 17.2 Å². The predicted octanol–water partition coefficient (Wildman–Crippen LogP) is 2.81. The Morgan fingerprint density at radius 1 is 1.11 bits per heavy atom. The van der Waals surface area contributed by atoms with Gasteiger partial charge in [-0.05, 0) is 24.4 Å². The maximum atomic E-state index is 10.9. The molecule has 1 aromatic carbocycles. The molecule has 92 valence electrons. The Morgan fingerprint density at radius 2 is 1.95 bits per heavy atom. The lowest BCUT2D eigenvalue weighted by Crippen LogP contribution is -1.98. The van der Waals surface area contributed by atoms with E-state index in [1.807, 2.05) is 37.3 Å². The smallest absolute Gasteiger partial charge is 0.179 e. The Kier molecular flexibility index (Phi) is 2.76. The molecule has 0 bridgehead atoms. The summed E-state index contributed by atoms with van der Waals surface area (Å²) in [5, 5.41) is 2.05. The lowest BCUT2D eigenvalue weighted by molar-refractivity contribution is 0.111. The topological polar surface area (TPSA) is 55.7 Å². The molecule has 0 radical (unpaired) electrons. The lowest BCUT2D eigenvalue weighted by atomic mass is 10.1. The molecule has 0 atom stereocenters. The van der Waals surface area contributed by atoms with Crippen molar-refractivity contribution in [3.8, 4) is 11.5 Å². The fraction of sp³-hybridized carbons (Fsp3) is 0.0667. The van der Waals surface area contributed by atoms with Gasteiger partial charge in [0, 0.05) is 17.3 Å². The van der Waals surface area contributed by atoms with E-state index in [4.69, 9.17) is 0 Å². The van der Waals surface area contributed by atoms with Crippen molar-refractivity contribution in [2.24, 2.45) is 0 Å². The van der Waals surface area contributed by atoms with Crippen LogP contribution in [0, 0.1) is 6.92 Å². The molecule has 4 nitrogen and oxygen atoms in total. The monoisotopic (exact) mass is 249 g/mol. The third-order valence-electron chi connectivity index (χ3n) is 2.88. The van der Waals surface area contributed by atoms with Gasteiger partial charge in [-0.1, -0.05) is 24.3 Å². The molecule has 2 heterocycles. The minimum atomic E-state index is 0.372. The van der Waals surface area contributed by atoms with Gasteiger partial charge in [-0.2, -0.15) is 0 Å². The number of fused-ring (bicyclic) bond motifs is 1. The zero-order chi connectivity index (χ0) is 13.2. The second kappa shape index (κ2) is 4.57. The molecule has 19 heavy (non-hydrogen) atoms. The number of hydrogen-bond acceptors (Lipinski definition) is 4. The molecule has 0 saturated carbocycles. The largest absolute Gasteiger partial charge is 0.296 e. The van der Waals surface area contributed by atoms with Crippen LogP contribution >= 0.6 is 0 Å². The zero-order valence-corrected chi connectivity index (χ0v) is 10.4. The molecule has 2 aromatic heterocycles. The fourth-order valence-electron chi connectivity index (χ4n) is 2.06. The van der Waals surface area contributed by atoms with E-state index in [0.717, 1.165) is 22.8 Å². The first kappa shape index (κ1) is 11.5. The molecule has 0 aliphatic carbocycles. The van der Waals surface area contributed by atoms with Crippen molar-refractivity contribution in [1.82, 2.24) is 15.0 Å². The Balaban J connectivity index is 2.30. The van der Waals surface area contributed by atoms with E-state index in [1.54, 1.807) is 12.3 Å². The third-order valence-corrected chi connectivity index (χ3v) is 2.88. The number of benzene rings is 1. The highest BCUT2D eigenvalue weighted by atomic mass is 16.1. The first-order valence-electron chi connectivity index (χ1n) is 5.93. The van der Waals surface area contributed by atoms with Crippen LogP contribution in [-0.4, -0.2) is 21.2 Å². The molecule has 0 spiro atoms. The van der Waals surface area contributed by atoms with Crippen LogP contribution in [-0.2, 0) is 0 Å². The van der Waals surface area contributed by atoms with E-state index >= 15 is 0 Å². The predicted molar refractivity (Wildman–Crippen MR) is 72.9 cm³/mol. The molecular formula is C15H11N3O. The van der Waals surface area contributed by atoms with Crippen molar-refractivity contribution in [1.29, 1.82) is 0 Å². The molecule has 0 N–H and O–H groups in total. The summed E-state index contributed by atoms with van der Waals surface area (Å²) in [5.41, 5.74) is 1.82. The molecule has 3 aromatic rings. The molecule has 4 heteroatoms. The van der Waals surface area contributed by atoms with Gasteiger partial charge in [0.15, 0.2) is 12.1 Å². The summed E-state index contributed by atoms with van der Waals surface area (Å²) in [7, 11) is 0. The van der Waals surface area contributed by atoms with Gasteiger partial charge in [0.2, 0.25) is 0 Å². The van der Waals surface area contributed by atoms with Crippen molar-refractivity contribution in [3.05, 3.63) is 54.0 Å². The Bertz CT molecular complexity index is 763. The first-order chi connectivity index (χ1) is 9.28. The number of aromatic nitrogens is 3. The summed E-state index contributed by atoms with van der Waals surface area (Å²) in [6, 6.07) is 11.5. The van der Waals surface area contributed by atoms with Crippen molar-refractivity contribution in [2.75, 3.05) is 0 Å². The Labute approximate surface area is 110 Å².